The maximum Gasteiger partial charge on any atom is 0.248 e. The Balaban J connectivity index is 1.57. The summed E-state index contributed by atoms with van der Waals surface area (Å²) in [7, 11) is 0. The molecule has 0 aliphatic carbocycles. The first-order chi connectivity index (χ1) is 18.2. The van der Waals surface area contributed by atoms with Gasteiger partial charge in [-0.15, -0.1) is 11.8 Å². The van der Waals surface area contributed by atoms with Crippen LogP contribution in [0.25, 0.3) is 0 Å². The molecule has 7 nitrogen and oxygen atoms in total. The van der Waals surface area contributed by atoms with E-state index in [0.717, 1.165) is 12.8 Å². The number of benzene rings is 2. The van der Waals surface area contributed by atoms with Crippen LogP contribution in [0, 0.1) is 23.7 Å². The van der Waals surface area contributed by atoms with Crippen molar-refractivity contribution in [2.45, 2.75) is 55.7 Å². The number of nitrogens with one attached hydrogen (secondary N) is 2. The highest BCUT2D eigenvalue weighted by molar-refractivity contribution is 8.02. The Morgan fingerprint density at radius 1 is 1.13 bits per heavy atom. The average Bonchev–Trinajstić information content (AvgIpc) is 3.50. The molecule has 2 aromatic carbocycles. The fourth-order valence-corrected chi connectivity index (χ4v) is 9.33. The predicted octanol–water partition coefficient (Wildman–Crippen LogP) is 4.66. The van der Waals surface area contributed by atoms with Gasteiger partial charge in [-0.1, -0.05) is 69.1 Å². The molecule has 8 atom stereocenters. The van der Waals surface area contributed by atoms with Gasteiger partial charge in [-0.25, -0.2) is 0 Å². The molecule has 3 amide bonds. The summed E-state index contributed by atoms with van der Waals surface area (Å²) < 4.78 is -0.785. The van der Waals surface area contributed by atoms with Crippen LogP contribution in [0.15, 0.2) is 54.6 Å². The summed E-state index contributed by atoms with van der Waals surface area (Å²) >= 11 is 7.98. The van der Waals surface area contributed by atoms with Crippen molar-refractivity contribution < 1.29 is 19.5 Å². The number of amides is 3. The van der Waals surface area contributed by atoms with Gasteiger partial charge in [-0.05, 0) is 42.5 Å². The van der Waals surface area contributed by atoms with Crippen LogP contribution in [0.3, 0.4) is 0 Å². The quantitative estimate of drug-likeness (QED) is 0.440. The van der Waals surface area contributed by atoms with Crippen LogP contribution in [-0.2, 0) is 14.4 Å². The number of thioether (sulfide) groups is 1. The highest BCUT2D eigenvalue weighted by atomic mass is 35.5. The maximum absolute atomic E-state index is 14.4. The minimum atomic E-state index is -0.845. The normalized spacial score (nSPS) is 31.1. The standard InChI is InChI=1S/C29H34ClN3O4S/c1-4-16(2)21(15-34)33-25(27(36)32-20-13-9-8-12-19(20)30)29-17(3)14-22(38-29)23(24(29)28(33)37)26(35)31-18-10-6-5-7-11-18/h5-13,16-17,21-25,34H,4,14-15H2,1-3H3,(H,31,35)(H,32,36)/t16-,17?,21-,22-,23+,24-,25?,29?/m0/s1. The number of rotatable bonds is 8. The molecule has 5 rings (SSSR count). The molecule has 3 heterocycles. The third-order valence-electron chi connectivity index (χ3n) is 8.75. The second-order valence-electron chi connectivity index (χ2n) is 10.8. The predicted molar refractivity (Wildman–Crippen MR) is 151 cm³/mol. The smallest absolute Gasteiger partial charge is 0.248 e. The van der Waals surface area contributed by atoms with Crippen LogP contribution in [0.4, 0.5) is 11.4 Å². The first-order valence-electron chi connectivity index (χ1n) is 13.3. The SMILES string of the molecule is CC[C@H](C)[C@H](CO)N1C(=O)[C@@H]2[C@H](C(=O)Nc3ccccc3)[C@@H]3CC(C)C2(S3)C1C(=O)Nc1ccccc1Cl. The van der Waals surface area contributed by atoms with Crippen molar-refractivity contribution in [1.29, 1.82) is 0 Å². The molecule has 9 heteroatoms. The molecule has 202 valence electrons. The second-order valence-corrected chi connectivity index (χ2v) is 12.7. The number of fused-ring (bicyclic) bond motifs is 1. The number of para-hydroxylation sites is 2. The molecule has 3 aliphatic rings. The van der Waals surface area contributed by atoms with Gasteiger partial charge in [0.1, 0.15) is 6.04 Å². The number of halogens is 1. The summed E-state index contributed by atoms with van der Waals surface area (Å²) in [5.74, 6) is -2.00. The largest absolute Gasteiger partial charge is 0.394 e. The molecular formula is C29H34ClN3O4S. The second kappa shape index (κ2) is 10.5. The Morgan fingerprint density at radius 3 is 2.47 bits per heavy atom. The van der Waals surface area contributed by atoms with Crippen molar-refractivity contribution in [3.63, 3.8) is 0 Å². The van der Waals surface area contributed by atoms with E-state index in [1.54, 1.807) is 40.9 Å². The fourth-order valence-electron chi connectivity index (χ4n) is 6.74. The van der Waals surface area contributed by atoms with Crippen molar-refractivity contribution in [2.24, 2.45) is 23.7 Å². The third-order valence-corrected chi connectivity index (χ3v) is 11.2. The maximum atomic E-state index is 14.4. The van der Waals surface area contributed by atoms with Gasteiger partial charge in [0.05, 0.1) is 39.9 Å². The molecule has 3 saturated heterocycles. The highest BCUT2D eigenvalue weighted by Crippen LogP contribution is 2.69. The average molecular weight is 556 g/mol. The fraction of sp³-hybridized carbons (Fsp3) is 0.483. The molecule has 0 aromatic heterocycles. The molecule has 3 fully saturated rings. The van der Waals surface area contributed by atoms with Crippen molar-refractivity contribution in [3.05, 3.63) is 59.6 Å². The molecule has 38 heavy (non-hydrogen) atoms. The van der Waals surface area contributed by atoms with E-state index >= 15 is 0 Å². The molecular weight excluding hydrogens is 522 g/mol. The molecule has 1 spiro atoms. The van der Waals surface area contributed by atoms with E-state index in [4.69, 9.17) is 11.6 Å². The van der Waals surface area contributed by atoms with Gasteiger partial charge >= 0.3 is 0 Å². The van der Waals surface area contributed by atoms with Gasteiger partial charge in [0.15, 0.2) is 0 Å². The lowest BCUT2D eigenvalue weighted by Gasteiger charge is -2.41. The van der Waals surface area contributed by atoms with Crippen molar-refractivity contribution in [3.8, 4) is 0 Å². The monoisotopic (exact) mass is 555 g/mol. The van der Waals surface area contributed by atoms with Crippen molar-refractivity contribution >= 4 is 52.5 Å². The van der Waals surface area contributed by atoms with Crippen molar-refractivity contribution in [1.82, 2.24) is 4.90 Å². The lowest BCUT2D eigenvalue weighted by molar-refractivity contribution is -0.142. The third kappa shape index (κ3) is 4.21. The van der Waals surface area contributed by atoms with E-state index in [1.807, 2.05) is 44.2 Å². The number of hydrogen-bond acceptors (Lipinski definition) is 5. The van der Waals surface area contributed by atoms with Crippen LogP contribution in [0.1, 0.15) is 33.6 Å². The van der Waals surface area contributed by atoms with E-state index in [-0.39, 0.29) is 41.4 Å². The molecule has 3 aliphatic heterocycles. The lowest BCUT2D eigenvalue weighted by Crippen LogP contribution is -2.58. The summed E-state index contributed by atoms with van der Waals surface area (Å²) in [5.41, 5.74) is 1.15. The van der Waals surface area contributed by atoms with E-state index < -0.39 is 28.7 Å². The Hall–Kier alpha value is -2.55. The van der Waals surface area contributed by atoms with Crippen LogP contribution in [0.5, 0.6) is 0 Å². The van der Waals surface area contributed by atoms with Crippen LogP contribution in [0.2, 0.25) is 5.02 Å². The molecule has 3 unspecified atom stereocenters. The number of anilines is 2. The van der Waals surface area contributed by atoms with Crippen molar-refractivity contribution in [2.75, 3.05) is 17.2 Å². The molecule has 3 N–H and O–H groups in total. The molecule has 0 saturated carbocycles. The Kier molecular flexibility index (Phi) is 7.50. The van der Waals surface area contributed by atoms with Gasteiger partial charge in [0.25, 0.3) is 0 Å². The first kappa shape index (κ1) is 27.0. The number of aliphatic hydroxyl groups is 1. The van der Waals surface area contributed by atoms with Crippen LogP contribution in [-0.4, -0.2) is 56.4 Å². The van der Waals surface area contributed by atoms with E-state index in [0.29, 0.717) is 16.4 Å². The highest BCUT2D eigenvalue weighted by Gasteiger charge is 2.76. The number of aliphatic hydroxyl groups excluding tert-OH is 1. The van der Waals surface area contributed by atoms with Gasteiger partial charge in [0.2, 0.25) is 17.7 Å². The molecule has 2 bridgehead atoms. The van der Waals surface area contributed by atoms with E-state index in [2.05, 4.69) is 17.6 Å². The number of likely N-dealkylation sites (tertiary alicyclic amines) is 1. The minimum absolute atomic E-state index is 0.0236. The van der Waals surface area contributed by atoms with E-state index in [9.17, 15) is 19.5 Å². The lowest BCUT2D eigenvalue weighted by atomic mass is 9.66. The van der Waals surface area contributed by atoms with Crippen LogP contribution < -0.4 is 10.6 Å². The zero-order chi connectivity index (χ0) is 27.2. The zero-order valence-corrected chi connectivity index (χ0v) is 23.3. The topological polar surface area (TPSA) is 98.7 Å². The number of nitrogens with zero attached hydrogens (tertiary/aromatic N) is 1. The summed E-state index contributed by atoms with van der Waals surface area (Å²) in [6, 6.07) is 14.8. The number of carbonyl (C=O) groups is 3. The van der Waals surface area contributed by atoms with Gasteiger partial charge in [-0.2, -0.15) is 0 Å². The summed E-state index contributed by atoms with van der Waals surface area (Å²) in [6.45, 7) is 5.80. The Morgan fingerprint density at radius 2 is 1.82 bits per heavy atom. The van der Waals surface area contributed by atoms with Gasteiger partial charge in [-0.3, -0.25) is 14.4 Å². The molecule has 0 radical (unpaired) electrons. The zero-order valence-electron chi connectivity index (χ0n) is 21.8. The first-order valence-corrected chi connectivity index (χ1v) is 14.5. The molecule has 2 aromatic rings. The van der Waals surface area contributed by atoms with Crippen LogP contribution >= 0.6 is 23.4 Å². The number of carbonyl (C=O) groups excluding carboxylic acids is 3. The van der Waals surface area contributed by atoms with Gasteiger partial charge in [0, 0.05) is 10.9 Å². The number of hydrogen-bond donors (Lipinski definition) is 3. The van der Waals surface area contributed by atoms with Gasteiger partial charge < -0.3 is 20.6 Å². The van der Waals surface area contributed by atoms with E-state index in [1.165, 1.54) is 0 Å². The Labute approximate surface area is 232 Å². The summed E-state index contributed by atoms with van der Waals surface area (Å²) in [4.78, 5) is 43.8. The summed E-state index contributed by atoms with van der Waals surface area (Å²) in [5, 5.41) is 16.8. The summed E-state index contributed by atoms with van der Waals surface area (Å²) in [6.07, 6.45) is 1.47. The Bertz CT molecular complexity index is 1230. The minimum Gasteiger partial charge on any atom is -0.394 e.